The van der Waals surface area contributed by atoms with Gasteiger partial charge in [0.15, 0.2) is 5.78 Å². The minimum atomic E-state index is -0.513. The molecule has 3 aromatic rings. The zero-order chi connectivity index (χ0) is 25.4. The number of anilines is 2. The van der Waals surface area contributed by atoms with E-state index in [2.05, 4.69) is 18.2 Å². The van der Waals surface area contributed by atoms with Gasteiger partial charge in [-0.1, -0.05) is 60.1 Å². The summed E-state index contributed by atoms with van der Waals surface area (Å²) >= 11 is 6.34. The Labute approximate surface area is 216 Å². The van der Waals surface area contributed by atoms with E-state index in [1.807, 2.05) is 84.6 Å². The molecule has 1 aliphatic carbocycles. The van der Waals surface area contributed by atoms with Gasteiger partial charge in [0.25, 0.3) is 0 Å². The standard InChI is InChI=1S/C30H27ClN4O/c1-34(2)23-13-11-20(12-14-23)28-25(18-32)30(33)35(24-10-6-9-22(31)17-24)26-15-21(16-27(36)29(26)28)19-7-4-3-5-8-19/h3-14,17,21,28H,15-16,33H2,1-2H3/t21-,28-/m0/s1. The molecule has 1 aliphatic heterocycles. The van der Waals surface area contributed by atoms with Gasteiger partial charge >= 0.3 is 0 Å². The number of carbonyl (C=O) groups excluding carboxylic acids is 1. The lowest BCUT2D eigenvalue weighted by Gasteiger charge is -2.41. The lowest BCUT2D eigenvalue weighted by molar-refractivity contribution is -0.116. The third-order valence-electron chi connectivity index (χ3n) is 7.05. The maximum Gasteiger partial charge on any atom is 0.162 e. The second-order valence-corrected chi connectivity index (χ2v) is 9.88. The molecule has 2 aliphatic rings. The van der Waals surface area contributed by atoms with Crippen LogP contribution < -0.4 is 15.5 Å². The molecule has 36 heavy (non-hydrogen) atoms. The second kappa shape index (κ2) is 9.56. The number of benzene rings is 3. The molecule has 6 heteroatoms. The van der Waals surface area contributed by atoms with E-state index in [1.165, 1.54) is 0 Å². The molecule has 0 spiro atoms. The van der Waals surface area contributed by atoms with Gasteiger partial charge in [0.2, 0.25) is 0 Å². The molecule has 0 amide bonds. The van der Waals surface area contributed by atoms with Gasteiger partial charge in [0.1, 0.15) is 5.82 Å². The van der Waals surface area contributed by atoms with E-state index in [4.69, 9.17) is 17.3 Å². The van der Waals surface area contributed by atoms with Crippen LogP contribution in [0.15, 0.2) is 102 Å². The molecule has 2 N–H and O–H groups in total. The Morgan fingerprint density at radius 3 is 2.33 bits per heavy atom. The second-order valence-electron chi connectivity index (χ2n) is 9.44. The monoisotopic (exact) mass is 494 g/mol. The summed E-state index contributed by atoms with van der Waals surface area (Å²) in [6.07, 6.45) is 1.01. The van der Waals surface area contributed by atoms with Crippen molar-refractivity contribution in [3.05, 3.63) is 118 Å². The van der Waals surface area contributed by atoms with E-state index in [0.29, 0.717) is 34.8 Å². The number of allylic oxidation sites excluding steroid dienone is 3. The van der Waals surface area contributed by atoms with Crippen LogP contribution in [0.25, 0.3) is 0 Å². The molecule has 0 saturated carbocycles. The van der Waals surface area contributed by atoms with Crippen LogP contribution in [0.2, 0.25) is 5.02 Å². The van der Waals surface area contributed by atoms with E-state index in [0.717, 1.165) is 28.2 Å². The van der Waals surface area contributed by atoms with Gasteiger partial charge in [0, 0.05) is 48.2 Å². The molecule has 5 rings (SSSR count). The molecule has 180 valence electrons. The zero-order valence-electron chi connectivity index (χ0n) is 20.3. The van der Waals surface area contributed by atoms with Crippen LogP contribution in [0.5, 0.6) is 0 Å². The highest BCUT2D eigenvalue weighted by Gasteiger charge is 2.42. The average Bonchev–Trinajstić information content (AvgIpc) is 2.88. The number of halogens is 1. The fourth-order valence-corrected chi connectivity index (χ4v) is 5.48. The van der Waals surface area contributed by atoms with Crippen molar-refractivity contribution in [3.8, 4) is 6.07 Å². The van der Waals surface area contributed by atoms with Crippen LogP contribution in [0.3, 0.4) is 0 Å². The minimum Gasteiger partial charge on any atom is -0.384 e. The largest absolute Gasteiger partial charge is 0.384 e. The third-order valence-corrected chi connectivity index (χ3v) is 7.28. The summed E-state index contributed by atoms with van der Waals surface area (Å²) in [4.78, 5) is 17.8. The first kappa shape index (κ1) is 23.7. The number of carbonyl (C=O) groups is 1. The normalized spacial score (nSPS) is 19.7. The summed E-state index contributed by atoms with van der Waals surface area (Å²) in [7, 11) is 3.96. The summed E-state index contributed by atoms with van der Waals surface area (Å²) in [5.74, 6) is -0.117. The Balaban J connectivity index is 1.71. The molecule has 0 fully saturated rings. The van der Waals surface area contributed by atoms with Crippen molar-refractivity contribution >= 4 is 28.8 Å². The number of nitrogens with two attached hydrogens (primary N) is 1. The quantitative estimate of drug-likeness (QED) is 0.474. The zero-order valence-corrected chi connectivity index (χ0v) is 21.0. The fourth-order valence-electron chi connectivity index (χ4n) is 5.30. The summed E-state index contributed by atoms with van der Waals surface area (Å²) < 4.78 is 0. The highest BCUT2D eigenvalue weighted by molar-refractivity contribution is 6.30. The summed E-state index contributed by atoms with van der Waals surface area (Å²) in [5, 5.41) is 10.8. The number of rotatable bonds is 4. The average molecular weight is 495 g/mol. The van der Waals surface area contributed by atoms with Gasteiger partial charge in [-0.25, -0.2) is 0 Å². The first-order valence-electron chi connectivity index (χ1n) is 11.9. The Morgan fingerprint density at radius 1 is 0.972 bits per heavy atom. The molecular formula is C30H27ClN4O. The molecule has 3 aromatic carbocycles. The topological polar surface area (TPSA) is 73.4 Å². The Hall–Kier alpha value is -4.01. The SMILES string of the molecule is CN(C)c1ccc([C@H]2C(C#N)=C(N)N(c3cccc(Cl)c3)C3=C2C(=O)C[C@@H](c2ccccc2)C3)cc1. The maximum absolute atomic E-state index is 13.9. The van der Waals surface area contributed by atoms with Gasteiger partial charge in [0.05, 0.1) is 17.6 Å². The summed E-state index contributed by atoms with van der Waals surface area (Å²) in [5.41, 5.74) is 12.4. The van der Waals surface area contributed by atoms with Crippen LogP contribution in [0, 0.1) is 11.3 Å². The Kier molecular flexibility index (Phi) is 6.30. The van der Waals surface area contributed by atoms with E-state index in [1.54, 1.807) is 6.07 Å². The van der Waals surface area contributed by atoms with E-state index >= 15 is 0 Å². The lowest BCUT2D eigenvalue weighted by Crippen LogP contribution is -2.40. The molecule has 0 saturated heterocycles. The number of hydrogen-bond donors (Lipinski definition) is 1. The maximum atomic E-state index is 13.9. The predicted octanol–water partition coefficient (Wildman–Crippen LogP) is 6.10. The van der Waals surface area contributed by atoms with Crippen molar-refractivity contribution in [2.24, 2.45) is 5.73 Å². The van der Waals surface area contributed by atoms with Crippen molar-refractivity contribution in [1.29, 1.82) is 5.26 Å². The van der Waals surface area contributed by atoms with Crippen molar-refractivity contribution in [2.45, 2.75) is 24.7 Å². The molecule has 0 bridgehead atoms. The van der Waals surface area contributed by atoms with Gasteiger partial charge in [-0.2, -0.15) is 5.26 Å². The first-order chi connectivity index (χ1) is 17.4. The Bertz CT molecular complexity index is 1420. The van der Waals surface area contributed by atoms with E-state index in [9.17, 15) is 10.1 Å². The molecule has 0 unspecified atom stereocenters. The third kappa shape index (κ3) is 4.14. The number of hydrogen-bond acceptors (Lipinski definition) is 5. The minimum absolute atomic E-state index is 0.0207. The highest BCUT2D eigenvalue weighted by atomic mass is 35.5. The van der Waals surface area contributed by atoms with Gasteiger partial charge < -0.3 is 10.6 Å². The van der Waals surface area contributed by atoms with E-state index < -0.39 is 5.92 Å². The van der Waals surface area contributed by atoms with Crippen molar-refractivity contribution in [2.75, 3.05) is 23.9 Å². The molecule has 0 aromatic heterocycles. The number of nitriles is 1. The van der Waals surface area contributed by atoms with Gasteiger partial charge in [-0.05, 0) is 53.8 Å². The van der Waals surface area contributed by atoms with Crippen LogP contribution in [-0.2, 0) is 4.79 Å². The number of nitrogens with zero attached hydrogens (tertiary/aromatic N) is 3. The van der Waals surface area contributed by atoms with Crippen LogP contribution in [0.4, 0.5) is 11.4 Å². The summed E-state index contributed by atoms with van der Waals surface area (Å²) in [6.45, 7) is 0. The highest BCUT2D eigenvalue weighted by Crippen LogP contribution is 2.49. The fraction of sp³-hybridized carbons (Fsp3) is 0.200. The summed E-state index contributed by atoms with van der Waals surface area (Å²) in [6, 6.07) is 27.8. The predicted molar refractivity (Wildman–Crippen MR) is 145 cm³/mol. The van der Waals surface area contributed by atoms with Gasteiger partial charge in [-0.15, -0.1) is 0 Å². The number of Topliss-reactive ketones (excluding diaryl/α,β-unsaturated/α-hetero) is 1. The molecular weight excluding hydrogens is 468 g/mol. The van der Waals surface area contributed by atoms with E-state index in [-0.39, 0.29) is 11.7 Å². The van der Waals surface area contributed by atoms with Crippen molar-refractivity contribution in [3.63, 3.8) is 0 Å². The van der Waals surface area contributed by atoms with Crippen LogP contribution in [-0.4, -0.2) is 19.9 Å². The van der Waals surface area contributed by atoms with Crippen molar-refractivity contribution in [1.82, 2.24) is 0 Å². The molecule has 2 atom stereocenters. The number of ketones is 1. The molecule has 1 heterocycles. The lowest BCUT2D eigenvalue weighted by atomic mass is 9.72. The Morgan fingerprint density at radius 2 is 1.69 bits per heavy atom. The van der Waals surface area contributed by atoms with Crippen molar-refractivity contribution < 1.29 is 4.79 Å². The molecule has 5 nitrogen and oxygen atoms in total. The van der Waals surface area contributed by atoms with Crippen LogP contribution in [0.1, 0.15) is 35.8 Å². The van der Waals surface area contributed by atoms with Crippen LogP contribution >= 0.6 is 11.6 Å². The molecule has 0 radical (unpaired) electrons. The van der Waals surface area contributed by atoms with Gasteiger partial charge in [-0.3, -0.25) is 9.69 Å². The smallest absolute Gasteiger partial charge is 0.162 e. The first-order valence-corrected chi connectivity index (χ1v) is 12.3.